The molecule has 1 unspecified atom stereocenters. The van der Waals surface area contributed by atoms with E-state index in [1.807, 2.05) is 45.0 Å². The standard InChI is InChI=1S/C23H25ClN2O3/c1-4-23(14-13-19(27)26-21(23)29)16-7-11-18(12-8-16)25-20(28)22(2,3)15-5-9-17(24)10-6-15/h5-12H,4,13-14H2,1-3H3,(H,25,28)(H,26,27,29). The summed E-state index contributed by atoms with van der Waals surface area (Å²) < 4.78 is 0. The largest absolute Gasteiger partial charge is 0.325 e. The normalized spacial score (nSPS) is 19.6. The number of anilines is 1. The van der Waals surface area contributed by atoms with Gasteiger partial charge >= 0.3 is 0 Å². The summed E-state index contributed by atoms with van der Waals surface area (Å²) >= 11 is 5.94. The number of rotatable bonds is 5. The van der Waals surface area contributed by atoms with E-state index in [1.165, 1.54) is 0 Å². The molecule has 0 aromatic heterocycles. The van der Waals surface area contributed by atoms with Crippen LogP contribution >= 0.6 is 11.6 Å². The van der Waals surface area contributed by atoms with Gasteiger partial charge in [-0.3, -0.25) is 19.7 Å². The van der Waals surface area contributed by atoms with E-state index in [0.29, 0.717) is 30.0 Å². The number of carbonyl (C=O) groups excluding carboxylic acids is 3. The van der Waals surface area contributed by atoms with E-state index in [1.54, 1.807) is 24.3 Å². The summed E-state index contributed by atoms with van der Waals surface area (Å²) in [6.45, 7) is 5.66. The second-order valence-electron chi connectivity index (χ2n) is 7.98. The minimum atomic E-state index is -0.739. The Bertz CT molecular complexity index is 936. The smallest absolute Gasteiger partial charge is 0.237 e. The molecule has 29 heavy (non-hydrogen) atoms. The lowest BCUT2D eigenvalue weighted by Gasteiger charge is -2.35. The van der Waals surface area contributed by atoms with Crippen molar-refractivity contribution < 1.29 is 14.4 Å². The van der Waals surface area contributed by atoms with Crippen molar-refractivity contribution in [3.63, 3.8) is 0 Å². The van der Waals surface area contributed by atoms with Crippen molar-refractivity contribution in [2.45, 2.75) is 50.9 Å². The number of imide groups is 1. The monoisotopic (exact) mass is 412 g/mol. The molecule has 2 N–H and O–H groups in total. The summed E-state index contributed by atoms with van der Waals surface area (Å²) in [5.41, 5.74) is 0.917. The number of carbonyl (C=O) groups is 3. The van der Waals surface area contributed by atoms with Gasteiger partial charge in [-0.1, -0.05) is 42.8 Å². The van der Waals surface area contributed by atoms with Gasteiger partial charge in [-0.25, -0.2) is 0 Å². The van der Waals surface area contributed by atoms with Crippen molar-refractivity contribution >= 4 is 35.0 Å². The lowest BCUT2D eigenvalue weighted by molar-refractivity contribution is -0.138. The third-order valence-electron chi connectivity index (χ3n) is 5.90. The van der Waals surface area contributed by atoms with E-state index in [9.17, 15) is 14.4 Å². The molecule has 3 rings (SSSR count). The number of hydrogen-bond donors (Lipinski definition) is 2. The first-order valence-electron chi connectivity index (χ1n) is 9.71. The van der Waals surface area contributed by atoms with Crippen LogP contribution in [0, 0.1) is 0 Å². The SMILES string of the molecule is CCC1(c2ccc(NC(=O)C(C)(C)c3ccc(Cl)cc3)cc2)CCC(=O)NC1=O. The fraction of sp³-hybridized carbons (Fsp3) is 0.348. The molecule has 2 aromatic rings. The van der Waals surface area contributed by atoms with Crippen molar-refractivity contribution in [2.75, 3.05) is 5.32 Å². The van der Waals surface area contributed by atoms with Crippen LogP contribution in [-0.4, -0.2) is 17.7 Å². The van der Waals surface area contributed by atoms with Crippen molar-refractivity contribution in [3.8, 4) is 0 Å². The number of hydrogen-bond acceptors (Lipinski definition) is 3. The molecule has 0 radical (unpaired) electrons. The number of piperidine rings is 1. The minimum absolute atomic E-state index is 0.140. The highest BCUT2D eigenvalue weighted by atomic mass is 35.5. The number of nitrogens with one attached hydrogen (secondary N) is 2. The highest BCUT2D eigenvalue weighted by Gasteiger charge is 2.42. The van der Waals surface area contributed by atoms with Gasteiger partial charge < -0.3 is 5.32 Å². The Morgan fingerprint density at radius 2 is 1.72 bits per heavy atom. The highest BCUT2D eigenvalue weighted by molar-refractivity contribution is 6.30. The Labute approximate surface area is 175 Å². The van der Waals surface area contributed by atoms with Gasteiger partial charge in [-0.05, 0) is 62.1 Å². The average molecular weight is 413 g/mol. The van der Waals surface area contributed by atoms with Gasteiger partial charge in [-0.15, -0.1) is 0 Å². The number of benzene rings is 2. The molecular formula is C23H25ClN2O3. The van der Waals surface area contributed by atoms with Crippen LogP contribution in [0.15, 0.2) is 48.5 Å². The van der Waals surface area contributed by atoms with Crippen LogP contribution in [0.2, 0.25) is 5.02 Å². The van der Waals surface area contributed by atoms with Crippen molar-refractivity contribution in [1.82, 2.24) is 5.32 Å². The minimum Gasteiger partial charge on any atom is -0.325 e. The molecule has 0 aliphatic carbocycles. The first-order valence-corrected chi connectivity index (χ1v) is 10.1. The van der Waals surface area contributed by atoms with Crippen molar-refractivity contribution in [2.24, 2.45) is 0 Å². The molecule has 1 aliphatic heterocycles. The zero-order chi connectivity index (χ0) is 21.2. The van der Waals surface area contributed by atoms with E-state index in [2.05, 4.69) is 10.6 Å². The van der Waals surface area contributed by atoms with Crippen molar-refractivity contribution in [3.05, 3.63) is 64.7 Å². The van der Waals surface area contributed by atoms with Crippen LogP contribution < -0.4 is 10.6 Å². The van der Waals surface area contributed by atoms with E-state index in [4.69, 9.17) is 11.6 Å². The van der Waals surface area contributed by atoms with Crippen LogP contribution in [0.5, 0.6) is 0 Å². The van der Waals surface area contributed by atoms with Gasteiger partial charge in [0.2, 0.25) is 17.7 Å². The fourth-order valence-corrected chi connectivity index (χ4v) is 3.85. The maximum absolute atomic E-state index is 12.9. The molecule has 0 saturated carbocycles. The molecule has 5 nitrogen and oxygen atoms in total. The first-order chi connectivity index (χ1) is 13.7. The summed E-state index contributed by atoms with van der Waals surface area (Å²) in [4.78, 5) is 36.9. The Morgan fingerprint density at radius 1 is 1.10 bits per heavy atom. The lowest BCUT2D eigenvalue weighted by Crippen LogP contribution is -2.51. The Kier molecular flexibility index (Phi) is 5.80. The molecule has 1 saturated heterocycles. The van der Waals surface area contributed by atoms with Crippen molar-refractivity contribution in [1.29, 1.82) is 0 Å². The summed E-state index contributed by atoms with van der Waals surface area (Å²) in [7, 11) is 0. The fourth-order valence-electron chi connectivity index (χ4n) is 3.72. The third-order valence-corrected chi connectivity index (χ3v) is 6.15. The summed E-state index contributed by atoms with van der Waals surface area (Å²) in [5.74, 6) is -0.622. The Hall–Kier alpha value is -2.66. The predicted octanol–water partition coefficient (Wildman–Crippen LogP) is 4.34. The topological polar surface area (TPSA) is 75.3 Å². The van der Waals surface area contributed by atoms with E-state index < -0.39 is 10.8 Å². The molecule has 1 fully saturated rings. The average Bonchev–Trinajstić information content (AvgIpc) is 2.69. The molecule has 1 aliphatic rings. The number of amides is 3. The molecule has 152 valence electrons. The van der Waals surface area contributed by atoms with E-state index in [0.717, 1.165) is 11.1 Å². The van der Waals surface area contributed by atoms with Gasteiger partial charge in [0.15, 0.2) is 0 Å². The zero-order valence-electron chi connectivity index (χ0n) is 16.8. The van der Waals surface area contributed by atoms with Crippen LogP contribution in [0.4, 0.5) is 5.69 Å². The maximum atomic E-state index is 12.9. The molecule has 0 bridgehead atoms. The van der Waals surface area contributed by atoms with Crippen LogP contribution in [0.25, 0.3) is 0 Å². The molecule has 0 spiro atoms. The first kappa shape index (κ1) is 21.1. The van der Waals surface area contributed by atoms with Gasteiger partial charge in [0, 0.05) is 17.1 Å². The Balaban J connectivity index is 1.78. The second-order valence-corrected chi connectivity index (χ2v) is 8.41. The van der Waals surface area contributed by atoms with Crippen LogP contribution in [0.3, 0.4) is 0 Å². The molecule has 6 heteroatoms. The quantitative estimate of drug-likeness (QED) is 0.717. The van der Waals surface area contributed by atoms with Gasteiger partial charge in [-0.2, -0.15) is 0 Å². The van der Waals surface area contributed by atoms with Crippen LogP contribution in [-0.2, 0) is 25.2 Å². The molecule has 3 amide bonds. The molecule has 1 heterocycles. The highest BCUT2D eigenvalue weighted by Crippen LogP contribution is 2.36. The van der Waals surface area contributed by atoms with Gasteiger partial charge in [0.05, 0.1) is 10.8 Å². The zero-order valence-corrected chi connectivity index (χ0v) is 17.6. The predicted molar refractivity (Wildman–Crippen MR) is 114 cm³/mol. The van der Waals surface area contributed by atoms with Gasteiger partial charge in [0.1, 0.15) is 0 Å². The summed E-state index contributed by atoms with van der Waals surface area (Å²) in [6.07, 6.45) is 1.41. The van der Waals surface area contributed by atoms with Crippen LogP contribution in [0.1, 0.15) is 51.2 Å². The molecule has 2 aromatic carbocycles. The lowest BCUT2D eigenvalue weighted by atomic mass is 9.72. The van der Waals surface area contributed by atoms with Gasteiger partial charge in [0.25, 0.3) is 0 Å². The maximum Gasteiger partial charge on any atom is 0.237 e. The molecule has 1 atom stereocenters. The second kappa shape index (κ2) is 7.99. The number of halogens is 1. The summed E-state index contributed by atoms with van der Waals surface area (Å²) in [5, 5.41) is 6.02. The Morgan fingerprint density at radius 3 is 2.28 bits per heavy atom. The molecular weight excluding hydrogens is 388 g/mol. The third kappa shape index (κ3) is 4.06. The van der Waals surface area contributed by atoms with E-state index in [-0.39, 0.29) is 17.7 Å². The summed E-state index contributed by atoms with van der Waals surface area (Å²) in [6, 6.07) is 14.5. The van der Waals surface area contributed by atoms with E-state index >= 15 is 0 Å².